The number of hydrogen-bond acceptors (Lipinski definition) is 2. The number of nitrogens with two attached hydrogens (primary N) is 1. The number of halogens is 1. The van der Waals surface area contributed by atoms with E-state index in [0.29, 0.717) is 0 Å². The summed E-state index contributed by atoms with van der Waals surface area (Å²) in [5.74, 6) is 0.792. The van der Waals surface area contributed by atoms with Crippen LogP contribution in [0.4, 0.5) is 0 Å². The molecule has 20 heavy (non-hydrogen) atoms. The monoisotopic (exact) mass is 329 g/mol. The van der Waals surface area contributed by atoms with Crippen LogP contribution in [0.5, 0.6) is 0 Å². The molecule has 0 aliphatic heterocycles. The van der Waals surface area contributed by atoms with E-state index in [2.05, 4.69) is 41.9 Å². The summed E-state index contributed by atoms with van der Waals surface area (Å²) in [6.07, 6.45) is 0. The number of aryl methyl sites for hydroxylation is 1. The molecule has 0 amide bonds. The van der Waals surface area contributed by atoms with E-state index in [1.54, 1.807) is 0 Å². The number of fused-ring (bicyclic) bond motifs is 1. The molecule has 102 valence electrons. The molecule has 0 radical (unpaired) electrons. The van der Waals surface area contributed by atoms with Crippen molar-refractivity contribution >= 4 is 26.9 Å². The normalized spacial score (nSPS) is 12.8. The molecule has 0 fully saturated rings. The minimum Gasteiger partial charge on any atom is -0.458 e. The van der Waals surface area contributed by atoms with Crippen LogP contribution in [0.2, 0.25) is 0 Å². The zero-order valence-electron chi connectivity index (χ0n) is 11.5. The summed E-state index contributed by atoms with van der Waals surface area (Å²) < 4.78 is 6.89. The van der Waals surface area contributed by atoms with Crippen molar-refractivity contribution in [1.29, 1.82) is 0 Å². The highest BCUT2D eigenvalue weighted by molar-refractivity contribution is 9.10. The van der Waals surface area contributed by atoms with Crippen LogP contribution in [0, 0.1) is 13.8 Å². The summed E-state index contributed by atoms with van der Waals surface area (Å²) in [7, 11) is 0. The lowest BCUT2D eigenvalue weighted by atomic mass is 9.96. The zero-order valence-corrected chi connectivity index (χ0v) is 13.1. The molecule has 0 saturated carbocycles. The lowest BCUT2D eigenvalue weighted by Crippen LogP contribution is -2.12. The summed E-state index contributed by atoms with van der Waals surface area (Å²) in [4.78, 5) is 0. The van der Waals surface area contributed by atoms with Gasteiger partial charge in [0.25, 0.3) is 0 Å². The Labute approximate surface area is 126 Å². The summed E-state index contributed by atoms with van der Waals surface area (Å²) >= 11 is 3.51. The van der Waals surface area contributed by atoms with Crippen LogP contribution in [0.25, 0.3) is 11.0 Å². The molecule has 0 aliphatic rings. The van der Waals surface area contributed by atoms with Gasteiger partial charge in [-0.15, -0.1) is 0 Å². The highest BCUT2D eigenvalue weighted by Gasteiger charge is 2.17. The second-order valence-electron chi connectivity index (χ2n) is 5.07. The van der Waals surface area contributed by atoms with Crippen molar-refractivity contribution in [2.45, 2.75) is 19.9 Å². The Hall–Kier alpha value is -1.58. The Balaban J connectivity index is 2.10. The molecular formula is C17H16BrNO. The van der Waals surface area contributed by atoms with Crippen LogP contribution in [0.15, 0.2) is 51.4 Å². The fraction of sp³-hybridized carbons (Fsp3) is 0.176. The second kappa shape index (κ2) is 5.08. The number of rotatable bonds is 2. The molecule has 1 heterocycles. The Morgan fingerprint density at radius 1 is 1.10 bits per heavy atom. The summed E-state index contributed by atoms with van der Waals surface area (Å²) in [5.41, 5.74) is 10.8. The molecule has 0 aliphatic carbocycles. The third-order valence-electron chi connectivity index (χ3n) is 3.80. The largest absolute Gasteiger partial charge is 0.458 e. The zero-order chi connectivity index (χ0) is 14.3. The fourth-order valence-electron chi connectivity index (χ4n) is 2.46. The van der Waals surface area contributed by atoms with Gasteiger partial charge in [-0.2, -0.15) is 0 Å². The Morgan fingerprint density at radius 3 is 2.60 bits per heavy atom. The topological polar surface area (TPSA) is 39.2 Å². The highest BCUT2D eigenvalue weighted by atomic mass is 79.9. The maximum absolute atomic E-state index is 6.39. The molecule has 2 nitrogen and oxygen atoms in total. The van der Waals surface area contributed by atoms with Crippen molar-refractivity contribution < 1.29 is 4.42 Å². The van der Waals surface area contributed by atoms with Gasteiger partial charge < -0.3 is 10.2 Å². The second-order valence-corrected chi connectivity index (χ2v) is 5.93. The lowest BCUT2D eigenvalue weighted by Gasteiger charge is -2.14. The van der Waals surface area contributed by atoms with Crippen molar-refractivity contribution in [3.8, 4) is 0 Å². The SMILES string of the molecule is Cc1cccc(C(N)c2cc3cccc(Br)c3o2)c1C. The van der Waals surface area contributed by atoms with Crippen molar-refractivity contribution in [2.75, 3.05) is 0 Å². The first kappa shape index (κ1) is 13.4. The highest BCUT2D eigenvalue weighted by Crippen LogP contribution is 2.32. The van der Waals surface area contributed by atoms with Gasteiger partial charge in [0, 0.05) is 5.39 Å². The number of benzene rings is 2. The summed E-state index contributed by atoms with van der Waals surface area (Å²) in [5, 5.41) is 1.06. The van der Waals surface area contributed by atoms with E-state index in [1.807, 2.05) is 30.3 Å². The quantitative estimate of drug-likeness (QED) is 0.729. The minimum atomic E-state index is -0.241. The van der Waals surface area contributed by atoms with Gasteiger partial charge >= 0.3 is 0 Å². The molecule has 2 aromatic carbocycles. The van der Waals surface area contributed by atoms with Gasteiger partial charge in [0.2, 0.25) is 0 Å². The van der Waals surface area contributed by atoms with E-state index in [4.69, 9.17) is 10.2 Å². The van der Waals surface area contributed by atoms with E-state index in [1.165, 1.54) is 11.1 Å². The predicted octanol–water partition coefficient (Wildman–Crippen LogP) is 4.86. The van der Waals surface area contributed by atoms with Gasteiger partial charge in [-0.25, -0.2) is 0 Å². The first-order valence-corrected chi connectivity index (χ1v) is 7.37. The van der Waals surface area contributed by atoms with Gasteiger partial charge in [0.05, 0.1) is 10.5 Å². The Bertz CT molecular complexity index is 776. The predicted molar refractivity (Wildman–Crippen MR) is 85.9 cm³/mol. The maximum Gasteiger partial charge on any atom is 0.148 e. The van der Waals surface area contributed by atoms with E-state index in [9.17, 15) is 0 Å². The van der Waals surface area contributed by atoms with Gasteiger partial charge in [0.1, 0.15) is 11.3 Å². The van der Waals surface area contributed by atoms with Crippen LogP contribution in [0.1, 0.15) is 28.5 Å². The van der Waals surface area contributed by atoms with Gasteiger partial charge in [-0.3, -0.25) is 0 Å². The van der Waals surface area contributed by atoms with Crippen LogP contribution < -0.4 is 5.73 Å². The molecule has 0 bridgehead atoms. The fourth-order valence-corrected chi connectivity index (χ4v) is 2.93. The molecule has 1 aromatic heterocycles. The van der Waals surface area contributed by atoms with Gasteiger partial charge in [-0.1, -0.05) is 30.3 Å². The first-order valence-electron chi connectivity index (χ1n) is 6.57. The lowest BCUT2D eigenvalue weighted by molar-refractivity contribution is 0.523. The molecule has 3 heteroatoms. The maximum atomic E-state index is 6.39. The molecule has 0 spiro atoms. The van der Waals surface area contributed by atoms with E-state index in [-0.39, 0.29) is 6.04 Å². The summed E-state index contributed by atoms with van der Waals surface area (Å²) in [6.45, 7) is 4.20. The molecule has 1 atom stereocenters. The molecule has 3 rings (SSSR count). The molecule has 3 aromatic rings. The van der Waals surface area contributed by atoms with Crippen molar-refractivity contribution in [1.82, 2.24) is 0 Å². The molecule has 0 saturated heterocycles. The first-order chi connectivity index (χ1) is 9.58. The van der Waals surface area contributed by atoms with E-state index >= 15 is 0 Å². The Kier molecular flexibility index (Phi) is 3.40. The van der Waals surface area contributed by atoms with Gasteiger partial charge in [0.15, 0.2) is 0 Å². The molecular weight excluding hydrogens is 314 g/mol. The third-order valence-corrected chi connectivity index (χ3v) is 4.43. The average molecular weight is 330 g/mol. The molecule has 2 N–H and O–H groups in total. The third kappa shape index (κ3) is 2.17. The van der Waals surface area contributed by atoms with Crippen LogP contribution in [-0.2, 0) is 0 Å². The van der Waals surface area contributed by atoms with Crippen LogP contribution >= 0.6 is 15.9 Å². The van der Waals surface area contributed by atoms with Crippen molar-refractivity contribution in [3.63, 3.8) is 0 Å². The standard InChI is InChI=1S/C17H16BrNO/c1-10-5-3-7-13(11(10)2)16(19)15-9-12-6-4-8-14(18)17(12)20-15/h3-9,16H,19H2,1-2H3. The Morgan fingerprint density at radius 2 is 1.85 bits per heavy atom. The van der Waals surface area contributed by atoms with Crippen molar-refractivity contribution in [2.24, 2.45) is 5.73 Å². The minimum absolute atomic E-state index is 0.241. The smallest absolute Gasteiger partial charge is 0.148 e. The van der Waals surface area contributed by atoms with Crippen LogP contribution in [-0.4, -0.2) is 0 Å². The van der Waals surface area contributed by atoms with E-state index < -0.39 is 0 Å². The summed E-state index contributed by atoms with van der Waals surface area (Å²) in [6, 6.07) is 14.0. The average Bonchev–Trinajstić information content (AvgIpc) is 2.87. The van der Waals surface area contributed by atoms with Gasteiger partial charge in [-0.05, 0) is 58.6 Å². The number of para-hydroxylation sites is 1. The number of furan rings is 1. The molecule has 1 unspecified atom stereocenters. The number of hydrogen-bond donors (Lipinski definition) is 1. The van der Waals surface area contributed by atoms with Crippen molar-refractivity contribution in [3.05, 3.63) is 69.4 Å². The van der Waals surface area contributed by atoms with Crippen LogP contribution in [0.3, 0.4) is 0 Å². The van der Waals surface area contributed by atoms with E-state index in [0.717, 1.165) is 26.8 Å².